The van der Waals surface area contributed by atoms with Crippen LogP contribution in [0.25, 0.3) is 0 Å². The fourth-order valence-corrected chi connectivity index (χ4v) is 2.70. The Hall–Kier alpha value is -1.69. The summed E-state index contributed by atoms with van der Waals surface area (Å²) in [6, 6.07) is 1.40. The Bertz CT molecular complexity index is 517. The highest BCUT2D eigenvalue weighted by Crippen LogP contribution is 2.38. The van der Waals surface area contributed by atoms with Crippen LogP contribution in [0.4, 0.5) is 5.00 Å². The fraction of sp³-hybridized carbons (Fsp3) is 0.364. The average Bonchev–Trinajstić information content (AvgIpc) is 2.71. The van der Waals surface area contributed by atoms with E-state index >= 15 is 0 Å². The highest BCUT2D eigenvalue weighted by Gasteiger charge is 2.46. The number of rotatable bonds is 2. The first-order valence-corrected chi connectivity index (χ1v) is 5.91. The molecule has 0 aromatic carbocycles. The van der Waals surface area contributed by atoms with Crippen LogP contribution in [0.5, 0.6) is 0 Å². The number of nitrogens with zero attached hydrogens (tertiary/aromatic N) is 1. The van der Waals surface area contributed by atoms with Gasteiger partial charge in [0, 0.05) is 6.42 Å². The van der Waals surface area contributed by atoms with Gasteiger partial charge in [0.25, 0.3) is 0 Å². The van der Waals surface area contributed by atoms with Gasteiger partial charge in [-0.15, -0.1) is 11.3 Å². The van der Waals surface area contributed by atoms with Crippen molar-refractivity contribution in [1.29, 1.82) is 0 Å². The summed E-state index contributed by atoms with van der Waals surface area (Å²) in [4.78, 5) is 35.8. The second kappa shape index (κ2) is 3.66. The molecule has 1 aliphatic heterocycles. The van der Waals surface area contributed by atoms with Crippen LogP contribution in [-0.2, 0) is 9.59 Å². The quantitative estimate of drug-likeness (QED) is 0.814. The molecule has 1 fully saturated rings. The number of hydrogen-bond acceptors (Lipinski definition) is 4. The van der Waals surface area contributed by atoms with Crippen molar-refractivity contribution < 1.29 is 19.5 Å². The highest BCUT2D eigenvalue weighted by atomic mass is 32.1. The first-order valence-electron chi connectivity index (χ1n) is 5.03. The van der Waals surface area contributed by atoms with Gasteiger partial charge in [0.15, 0.2) is 0 Å². The van der Waals surface area contributed by atoms with Gasteiger partial charge in [-0.05, 0) is 11.4 Å². The van der Waals surface area contributed by atoms with Gasteiger partial charge in [-0.1, -0.05) is 13.8 Å². The Labute approximate surface area is 102 Å². The van der Waals surface area contributed by atoms with E-state index in [2.05, 4.69) is 0 Å². The van der Waals surface area contributed by atoms with Crippen LogP contribution in [0.2, 0.25) is 0 Å². The standard InChI is InChI=1S/C11H11NO4S/c1-11(2)5-7(13)12(10(11)16)8-6(9(14)15)3-4-17-8/h3-4H,5H2,1-2H3,(H,14,15). The maximum Gasteiger partial charge on any atom is 0.338 e. The molecule has 1 aliphatic rings. The molecular weight excluding hydrogens is 242 g/mol. The summed E-state index contributed by atoms with van der Waals surface area (Å²) < 4.78 is 0. The molecule has 0 aliphatic carbocycles. The lowest BCUT2D eigenvalue weighted by Gasteiger charge is -2.16. The van der Waals surface area contributed by atoms with E-state index in [0.717, 1.165) is 16.2 Å². The lowest BCUT2D eigenvalue weighted by atomic mass is 9.92. The highest BCUT2D eigenvalue weighted by molar-refractivity contribution is 7.15. The molecule has 0 spiro atoms. The van der Waals surface area contributed by atoms with Crippen LogP contribution in [0, 0.1) is 5.41 Å². The number of anilines is 1. The number of carbonyl (C=O) groups excluding carboxylic acids is 2. The predicted molar refractivity (Wildman–Crippen MR) is 62.2 cm³/mol. The molecular formula is C11H11NO4S. The number of carboxylic acids is 1. The van der Waals surface area contributed by atoms with E-state index in [1.165, 1.54) is 6.07 Å². The van der Waals surface area contributed by atoms with E-state index in [0.29, 0.717) is 0 Å². The van der Waals surface area contributed by atoms with Gasteiger partial charge in [0.05, 0.1) is 11.0 Å². The molecule has 0 saturated carbocycles. The number of amides is 2. The summed E-state index contributed by atoms with van der Waals surface area (Å²) in [6.07, 6.45) is 0.114. The number of carboxylic acid groups (broad SMARTS) is 1. The van der Waals surface area contributed by atoms with Gasteiger partial charge < -0.3 is 5.11 Å². The second-order valence-corrected chi connectivity index (χ2v) is 5.43. The predicted octanol–water partition coefficient (Wildman–Crippen LogP) is 1.74. The van der Waals surface area contributed by atoms with Gasteiger partial charge in [0.1, 0.15) is 5.00 Å². The minimum Gasteiger partial charge on any atom is -0.478 e. The molecule has 90 valence electrons. The van der Waals surface area contributed by atoms with Crippen LogP contribution >= 0.6 is 11.3 Å². The first-order chi connectivity index (χ1) is 7.84. The number of aromatic carboxylic acids is 1. The van der Waals surface area contributed by atoms with Crippen LogP contribution < -0.4 is 4.90 Å². The molecule has 1 saturated heterocycles. The van der Waals surface area contributed by atoms with E-state index in [1.54, 1.807) is 19.2 Å². The van der Waals surface area contributed by atoms with Crippen LogP contribution in [0.3, 0.4) is 0 Å². The monoisotopic (exact) mass is 253 g/mol. The van der Waals surface area contributed by atoms with Crippen LogP contribution in [0.15, 0.2) is 11.4 Å². The third kappa shape index (κ3) is 1.74. The van der Waals surface area contributed by atoms with Crippen LogP contribution in [-0.4, -0.2) is 22.9 Å². The Morgan fingerprint density at radius 1 is 1.47 bits per heavy atom. The molecule has 17 heavy (non-hydrogen) atoms. The van der Waals surface area contributed by atoms with Crippen molar-refractivity contribution in [3.05, 3.63) is 17.0 Å². The van der Waals surface area contributed by atoms with Gasteiger partial charge >= 0.3 is 5.97 Å². The van der Waals surface area contributed by atoms with Crippen molar-refractivity contribution in [2.75, 3.05) is 4.90 Å². The zero-order valence-corrected chi connectivity index (χ0v) is 10.2. The zero-order valence-electron chi connectivity index (χ0n) is 9.39. The van der Waals surface area contributed by atoms with Gasteiger partial charge in [-0.3, -0.25) is 9.59 Å². The molecule has 0 atom stereocenters. The third-order valence-corrected chi connectivity index (χ3v) is 3.60. The Morgan fingerprint density at radius 3 is 2.59 bits per heavy atom. The van der Waals surface area contributed by atoms with Gasteiger partial charge in [0.2, 0.25) is 11.8 Å². The number of carbonyl (C=O) groups is 3. The van der Waals surface area contributed by atoms with E-state index < -0.39 is 11.4 Å². The molecule has 6 heteroatoms. The van der Waals surface area contributed by atoms with Crippen molar-refractivity contribution >= 4 is 34.1 Å². The molecule has 2 rings (SSSR count). The summed E-state index contributed by atoms with van der Waals surface area (Å²) in [6.45, 7) is 3.36. The van der Waals surface area contributed by atoms with E-state index in [-0.39, 0.29) is 28.8 Å². The molecule has 2 heterocycles. The molecule has 0 bridgehead atoms. The molecule has 1 N–H and O–H groups in total. The SMILES string of the molecule is CC1(C)CC(=O)N(c2sccc2C(=O)O)C1=O. The van der Waals surface area contributed by atoms with Crippen molar-refractivity contribution in [3.63, 3.8) is 0 Å². The Morgan fingerprint density at radius 2 is 2.12 bits per heavy atom. The Kier molecular flexibility index (Phi) is 2.54. The summed E-state index contributed by atoms with van der Waals surface area (Å²) in [5.74, 6) is -1.82. The van der Waals surface area contributed by atoms with E-state index in [9.17, 15) is 14.4 Å². The van der Waals surface area contributed by atoms with Crippen LogP contribution in [0.1, 0.15) is 30.6 Å². The minimum atomic E-state index is -1.13. The van der Waals surface area contributed by atoms with Crippen molar-refractivity contribution in [1.82, 2.24) is 0 Å². The molecule has 0 unspecified atom stereocenters. The maximum absolute atomic E-state index is 12.0. The topological polar surface area (TPSA) is 74.7 Å². The molecule has 1 aromatic rings. The molecule has 5 nitrogen and oxygen atoms in total. The average molecular weight is 253 g/mol. The summed E-state index contributed by atoms with van der Waals surface area (Å²) in [5.41, 5.74) is -0.758. The van der Waals surface area contributed by atoms with E-state index in [4.69, 9.17) is 5.11 Å². The van der Waals surface area contributed by atoms with Crippen molar-refractivity contribution in [2.45, 2.75) is 20.3 Å². The van der Waals surface area contributed by atoms with E-state index in [1.807, 2.05) is 0 Å². The maximum atomic E-state index is 12.0. The number of thiophene rings is 1. The lowest BCUT2D eigenvalue weighted by molar-refractivity contribution is -0.124. The summed E-state index contributed by atoms with van der Waals surface area (Å²) in [7, 11) is 0. The lowest BCUT2D eigenvalue weighted by Crippen LogP contribution is -2.33. The van der Waals surface area contributed by atoms with Crippen molar-refractivity contribution in [2.24, 2.45) is 5.41 Å². The zero-order chi connectivity index (χ0) is 12.8. The smallest absolute Gasteiger partial charge is 0.338 e. The van der Waals surface area contributed by atoms with Gasteiger partial charge in [-0.25, -0.2) is 9.69 Å². The number of imide groups is 1. The van der Waals surface area contributed by atoms with Gasteiger partial charge in [-0.2, -0.15) is 0 Å². The molecule has 0 radical (unpaired) electrons. The third-order valence-electron chi connectivity index (χ3n) is 2.70. The minimum absolute atomic E-state index is 0.00519. The van der Waals surface area contributed by atoms with Crippen molar-refractivity contribution in [3.8, 4) is 0 Å². The fourth-order valence-electron chi connectivity index (χ4n) is 1.79. The normalized spacial score (nSPS) is 18.8. The summed E-state index contributed by atoms with van der Waals surface area (Å²) >= 11 is 1.09. The Balaban J connectivity index is 2.48. The second-order valence-electron chi connectivity index (χ2n) is 4.54. The molecule has 1 aromatic heterocycles. The molecule has 2 amide bonds. The number of hydrogen-bond donors (Lipinski definition) is 1. The largest absolute Gasteiger partial charge is 0.478 e. The summed E-state index contributed by atoms with van der Waals surface area (Å²) in [5, 5.41) is 10.7. The first kappa shape index (κ1) is 11.8.